The highest BCUT2D eigenvalue weighted by Gasteiger charge is 2.06. The Hall–Kier alpha value is -2.24. The lowest BCUT2D eigenvalue weighted by Crippen LogP contribution is -2.23. The van der Waals surface area contributed by atoms with Gasteiger partial charge in [0.15, 0.2) is 0 Å². The molecule has 0 saturated carbocycles. The van der Waals surface area contributed by atoms with E-state index in [4.69, 9.17) is 0 Å². The molecule has 6 heteroatoms. The summed E-state index contributed by atoms with van der Waals surface area (Å²) in [5, 5.41) is 0. The zero-order valence-corrected chi connectivity index (χ0v) is 28.1. The van der Waals surface area contributed by atoms with Crippen molar-refractivity contribution < 1.29 is 4.57 Å². The fourth-order valence-corrected chi connectivity index (χ4v) is 5.08. The average molecular weight is 572 g/mol. The summed E-state index contributed by atoms with van der Waals surface area (Å²) in [4.78, 5) is 8.88. The van der Waals surface area contributed by atoms with Crippen LogP contribution in [-0.4, -0.2) is 44.2 Å². The van der Waals surface area contributed by atoms with Gasteiger partial charge in [0, 0.05) is 51.4 Å². The van der Waals surface area contributed by atoms with E-state index in [-0.39, 0.29) is 0 Å². The van der Waals surface area contributed by atoms with E-state index in [0.717, 1.165) is 19.6 Å². The van der Waals surface area contributed by atoms with E-state index < -0.39 is 0 Å². The minimum Gasteiger partial charge on any atom is -0.362 e. The minimum absolute atomic E-state index is 1.04. The normalized spacial score (nSPS) is 12.3. The molecule has 0 aliphatic carbocycles. The maximum Gasteiger partial charge on any atom is 0.243 e. The van der Waals surface area contributed by atoms with Crippen LogP contribution in [0.4, 0.5) is 0 Å². The zero-order valence-electron chi connectivity index (χ0n) is 28.1. The quantitative estimate of drug-likeness (QED) is 0.118. The second-order valence-electron chi connectivity index (χ2n) is 11.8. The molecule has 236 valence electrons. The van der Waals surface area contributed by atoms with Crippen molar-refractivity contribution in [1.29, 1.82) is 0 Å². The zero-order chi connectivity index (χ0) is 30.0. The highest BCUT2D eigenvalue weighted by Crippen LogP contribution is 2.11. The highest BCUT2D eigenvalue weighted by atomic mass is 15.3. The number of hydrogen-bond acceptors (Lipinski definition) is 3. The largest absolute Gasteiger partial charge is 0.362 e. The molecule has 0 saturated heterocycles. The lowest BCUT2D eigenvalue weighted by atomic mass is 10.1. The van der Waals surface area contributed by atoms with Crippen LogP contribution in [0, 0.1) is 0 Å². The first kappa shape index (κ1) is 36.8. The molecule has 3 rings (SSSR count). The molecule has 0 atom stereocenters. The van der Waals surface area contributed by atoms with Gasteiger partial charge in [-0.2, -0.15) is 0 Å². The summed E-state index contributed by atoms with van der Waals surface area (Å²) in [7, 11) is 4.20. The standard InChI is InChI=1S/C14H28N2.C12H23N2.C9H16N2/c1-3-4-5-6-7-8-9-10-11-16-13-12-15(2)14-16;1-3-4-5-6-7-8-9-14-11-10-13(2)12-14;1-3-5-7-11-8-6-10-9(11)4-2/h12-13H,3-11,14H2,1-2H3;10-12H,3-9H2,1-2H3;6,8H,3-5,7H2,1-2H3/q;+1;. The number of aryl methyl sites for hydroxylation is 4. The minimum atomic E-state index is 1.04. The molecule has 0 unspecified atom stereocenters. The predicted molar refractivity (Wildman–Crippen MR) is 177 cm³/mol. The summed E-state index contributed by atoms with van der Waals surface area (Å²) >= 11 is 0. The highest BCUT2D eigenvalue weighted by molar-refractivity contribution is 4.91. The van der Waals surface area contributed by atoms with E-state index in [1.54, 1.807) is 0 Å². The third-order valence-electron chi connectivity index (χ3n) is 7.70. The fourth-order valence-electron chi connectivity index (χ4n) is 5.08. The monoisotopic (exact) mass is 572 g/mol. The van der Waals surface area contributed by atoms with Crippen molar-refractivity contribution in [1.82, 2.24) is 23.9 Å². The summed E-state index contributed by atoms with van der Waals surface area (Å²) < 4.78 is 6.60. The maximum atomic E-state index is 4.25. The number of imidazole rings is 2. The van der Waals surface area contributed by atoms with Crippen molar-refractivity contribution in [2.75, 3.05) is 20.3 Å². The molecule has 0 fully saturated rings. The van der Waals surface area contributed by atoms with Gasteiger partial charge < -0.3 is 14.4 Å². The Morgan fingerprint density at radius 2 is 1.27 bits per heavy atom. The molecular formula is C35H67N6+. The van der Waals surface area contributed by atoms with Crippen LogP contribution >= 0.6 is 0 Å². The number of nitrogens with zero attached hydrogens (tertiary/aromatic N) is 6. The molecule has 2 aromatic heterocycles. The van der Waals surface area contributed by atoms with E-state index in [9.17, 15) is 0 Å². The fraction of sp³-hybridized carbons (Fsp3) is 0.771. The van der Waals surface area contributed by atoms with Crippen molar-refractivity contribution >= 4 is 0 Å². The Kier molecular flexibility index (Phi) is 22.9. The van der Waals surface area contributed by atoms with Crippen molar-refractivity contribution in [3.05, 3.63) is 49.3 Å². The van der Waals surface area contributed by atoms with E-state index in [1.807, 2.05) is 6.20 Å². The topological polar surface area (TPSA) is 33.1 Å². The van der Waals surface area contributed by atoms with Gasteiger partial charge in [-0.3, -0.25) is 0 Å². The SMILES string of the molecule is CCCCCCCCCCN1C=CN(C)C1.CCCCCCCCn1cc[n+](C)c1.CCCCn1ccnc1CC. The van der Waals surface area contributed by atoms with Gasteiger partial charge in [0.25, 0.3) is 0 Å². The summed E-state index contributed by atoms with van der Waals surface area (Å²) in [6, 6.07) is 0. The number of unbranched alkanes of at least 4 members (excludes halogenated alkanes) is 13. The lowest BCUT2D eigenvalue weighted by molar-refractivity contribution is -0.671. The summed E-state index contributed by atoms with van der Waals surface area (Å²) in [6.45, 7) is 13.5. The van der Waals surface area contributed by atoms with Gasteiger partial charge in [-0.1, -0.05) is 105 Å². The van der Waals surface area contributed by atoms with Gasteiger partial charge in [0.2, 0.25) is 6.33 Å². The Morgan fingerprint density at radius 1 is 0.683 bits per heavy atom. The molecule has 2 aromatic rings. The first-order chi connectivity index (χ1) is 20.0. The van der Waals surface area contributed by atoms with Crippen LogP contribution in [0.1, 0.15) is 136 Å². The molecule has 3 heterocycles. The molecule has 0 aromatic carbocycles. The molecule has 6 nitrogen and oxygen atoms in total. The van der Waals surface area contributed by atoms with Gasteiger partial charge in [-0.05, 0) is 25.7 Å². The van der Waals surface area contributed by atoms with E-state index in [2.05, 4.69) is 108 Å². The molecule has 41 heavy (non-hydrogen) atoms. The Morgan fingerprint density at radius 3 is 1.78 bits per heavy atom. The molecule has 0 radical (unpaired) electrons. The van der Waals surface area contributed by atoms with E-state index >= 15 is 0 Å². The van der Waals surface area contributed by atoms with E-state index in [1.165, 1.54) is 122 Å². The van der Waals surface area contributed by atoms with Crippen LogP contribution in [0.2, 0.25) is 0 Å². The second-order valence-corrected chi connectivity index (χ2v) is 11.8. The van der Waals surface area contributed by atoms with E-state index in [0.29, 0.717) is 0 Å². The van der Waals surface area contributed by atoms with Crippen molar-refractivity contribution in [3.8, 4) is 0 Å². The molecule has 0 amide bonds. The van der Waals surface area contributed by atoms with Crippen molar-refractivity contribution in [2.45, 2.75) is 150 Å². The van der Waals surface area contributed by atoms with Crippen LogP contribution in [0.15, 0.2) is 43.5 Å². The van der Waals surface area contributed by atoms with Crippen LogP contribution in [0.5, 0.6) is 0 Å². The summed E-state index contributed by atoms with van der Waals surface area (Å²) in [5.41, 5.74) is 0. The summed E-state index contributed by atoms with van der Waals surface area (Å²) in [6.07, 6.45) is 37.8. The third kappa shape index (κ3) is 19.5. The van der Waals surface area contributed by atoms with Gasteiger partial charge >= 0.3 is 0 Å². The van der Waals surface area contributed by atoms with Crippen LogP contribution < -0.4 is 4.57 Å². The summed E-state index contributed by atoms with van der Waals surface area (Å²) in [5.74, 6) is 1.21. The van der Waals surface area contributed by atoms with Gasteiger partial charge in [-0.25, -0.2) is 14.1 Å². The lowest BCUT2D eigenvalue weighted by Gasteiger charge is -2.17. The van der Waals surface area contributed by atoms with Gasteiger partial charge in [0.1, 0.15) is 18.2 Å². The number of hydrogen-bond donors (Lipinski definition) is 0. The average Bonchev–Trinajstić information content (AvgIpc) is 3.72. The van der Waals surface area contributed by atoms with Crippen molar-refractivity contribution in [2.24, 2.45) is 7.05 Å². The van der Waals surface area contributed by atoms with Gasteiger partial charge in [0.05, 0.1) is 20.3 Å². The maximum absolute atomic E-state index is 4.25. The molecule has 0 spiro atoms. The van der Waals surface area contributed by atoms with Crippen LogP contribution in [0.25, 0.3) is 0 Å². The second kappa shape index (κ2) is 25.5. The Labute approximate surface area is 254 Å². The molecule has 1 aliphatic rings. The third-order valence-corrected chi connectivity index (χ3v) is 7.70. The molecule has 0 bridgehead atoms. The first-order valence-electron chi connectivity index (χ1n) is 17.2. The smallest absolute Gasteiger partial charge is 0.243 e. The van der Waals surface area contributed by atoms with Crippen LogP contribution in [0.3, 0.4) is 0 Å². The van der Waals surface area contributed by atoms with Gasteiger partial charge in [-0.15, -0.1) is 0 Å². The van der Waals surface area contributed by atoms with Crippen molar-refractivity contribution in [3.63, 3.8) is 0 Å². The Bertz CT molecular complexity index is 854. The first-order valence-corrected chi connectivity index (χ1v) is 17.2. The molecule has 1 aliphatic heterocycles. The van der Waals surface area contributed by atoms with Crippen LogP contribution in [-0.2, 0) is 26.6 Å². The molecular weight excluding hydrogens is 504 g/mol. The Balaban J connectivity index is 0.000000313. The predicted octanol–water partition coefficient (Wildman–Crippen LogP) is 8.72. The number of rotatable bonds is 20. The number of aromatic nitrogens is 4. The molecule has 0 N–H and O–H groups in total.